The molecule has 0 aromatic heterocycles. The molecule has 23 N–H and O–H groups in total. The minimum Gasteiger partial charge on any atom is -0.479 e. The van der Waals surface area contributed by atoms with Crippen LogP contribution in [0.4, 0.5) is 0 Å². The molecular weight excluding hydrogens is 1230 g/mol. The maximum Gasteiger partial charge on any atom is 0.335 e. The number of hydrogen-bond acceptors (Lipinski definition) is 38. The normalized spacial score (nSPS) is 53.4. The molecule has 0 aliphatic carbocycles. The van der Waals surface area contributed by atoms with E-state index in [0.29, 0.717) is 0 Å². The number of ether oxygens (including phenoxy) is 15. The summed E-state index contributed by atoms with van der Waals surface area (Å²) in [4.78, 5) is 38.1. The van der Waals surface area contributed by atoms with Crippen LogP contribution in [0.15, 0.2) is 0 Å². The van der Waals surface area contributed by atoms with E-state index in [1.165, 1.54) is 13.8 Å². The molecule has 41 heteroatoms. The predicted molar refractivity (Wildman–Crippen MR) is 262 cm³/mol. The van der Waals surface area contributed by atoms with Gasteiger partial charge in [0.05, 0.1) is 31.5 Å². The van der Waals surface area contributed by atoms with E-state index in [1.807, 2.05) is 0 Å². The maximum absolute atomic E-state index is 13.1. The lowest BCUT2D eigenvalue weighted by atomic mass is 9.95. The quantitative estimate of drug-likeness (QED) is 0.0571. The highest BCUT2D eigenvalue weighted by Crippen LogP contribution is 2.40. The van der Waals surface area contributed by atoms with Gasteiger partial charge in [0.15, 0.2) is 68.6 Å². The zero-order valence-electron chi connectivity index (χ0n) is 46.6. The second-order valence-corrected chi connectivity index (χ2v) is 22.4. The van der Waals surface area contributed by atoms with Gasteiger partial charge in [-0.3, -0.25) is 0 Å². The molecule has 8 aliphatic rings. The van der Waals surface area contributed by atoms with Crippen LogP contribution in [0.5, 0.6) is 0 Å². The lowest BCUT2D eigenvalue weighted by Gasteiger charge is -2.50. The molecule has 0 unspecified atom stereocenters. The van der Waals surface area contributed by atoms with Crippen molar-refractivity contribution in [3.05, 3.63) is 0 Å². The van der Waals surface area contributed by atoms with E-state index in [4.69, 9.17) is 71.1 Å². The van der Waals surface area contributed by atoms with Crippen LogP contribution in [0.25, 0.3) is 0 Å². The Labute approximate surface area is 499 Å². The zero-order chi connectivity index (χ0) is 65.8. The van der Waals surface area contributed by atoms with Crippen molar-refractivity contribution in [3.63, 3.8) is 0 Å². The third kappa shape index (κ3) is 14.5. The molecule has 0 aromatic carbocycles. The van der Waals surface area contributed by atoms with Crippen LogP contribution >= 0.6 is 0 Å². The molecule has 0 spiro atoms. The van der Waals surface area contributed by atoms with Gasteiger partial charge in [-0.1, -0.05) is 0 Å². The van der Waals surface area contributed by atoms with Crippen molar-refractivity contribution in [1.82, 2.24) is 0 Å². The molecule has 0 amide bonds. The number of aliphatic hydroxyl groups is 20. The zero-order valence-corrected chi connectivity index (χ0v) is 46.6. The Morgan fingerprint density at radius 2 is 0.539 bits per heavy atom. The Kier molecular flexibility index (Phi) is 23.7. The minimum absolute atomic E-state index is 0.870. The van der Waals surface area contributed by atoms with E-state index in [9.17, 15) is 132 Å². The molecule has 8 rings (SSSR count). The van der Waals surface area contributed by atoms with E-state index < -0.39 is 277 Å². The molecule has 0 saturated carbocycles. The first-order valence-corrected chi connectivity index (χ1v) is 27.7. The number of aliphatic hydroxyl groups excluding tert-OH is 20. The summed E-state index contributed by atoms with van der Waals surface area (Å²) in [6.07, 6.45) is -85.5. The third-order valence-electron chi connectivity index (χ3n) is 16.4. The van der Waals surface area contributed by atoms with Crippen molar-refractivity contribution < 1.29 is 203 Å². The van der Waals surface area contributed by atoms with Crippen LogP contribution in [0.3, 0.4) is 0 Å². The molecule has 8 saturated heterocycles. The predicted octanol–water partition coefficient (Wildman–Crippen LogP) is -15.1. The van der Waals surface area contributed by atoms with Crippen LogP contribution in [0.2, 0.25) is 0 Å². The van der Waals surface area contributed by atoms with Crippen LogP contribution < -0.4 is 0 Å². The number of carbonyl (C=O) groups is 3. The monoisotopic (exact) mass is 1310 g/mol. The maximum atomic E-state index is 13.1. The van der Waals surface area contributed by atoms with Gasteiger partial charge in [0.2, 0.25) is 0 Å². The average Bonchev–Trinajstić information content (AvgIpc) is 2.95. The molecule has 0 radical (unpaired) electrons. The van der Waals surface area contributed by atoms with Gasteiger partial charge in [-0.25, -0.2) is 14.4 Å². The Balaban J connectivity index is 1.03. The highest BCUT2D eigenvalue weighted by atomic mass is 16.8. The van der Waals surface area contributed by atoms with Crippen molar-refractivity contribution in [1.29, 1.82) is 0 Å². The number of hydrogen-bond donors (Lipinski definition) is 23. The SMILES string of the molecule is C[C@@H]1O[C@@H](O[C@@H]2[C@H](O)[C@@H](O)[C@@H](O)O[C@@H]2C(=O)O)[C@H](O[C@H]2O[C@H](C(=O)O)[C@H](O[C@@H]3O[C@@H](C)[C@H](O[C@@H]4O[C@H](CO)[C@H](O)[C@H](O)[C@H]4O)[C@@H](O)[C@H]3O[C@H]3O[C@H](C(=O)O)[C@H](O[C@@H]4O[C@@H](C)[C@H](O[C@@H]5O[C@H](CO)[C@H](O)[C@H](O)[C@H]5O)[C@@H](O)[C@H]4O)[C@H](O)[C@H]3O)[C@H](O)[C@H]2O)[C@H](O)[C@H]1O. The second-order valence-electron chi connectivity index (χ2n) is 22.4. The van der Waals surface area contributed by atoms with Crippen molar-refractivity contribution in [2.45, 2.75) is 266 Å². The summed E-state index contributed by atoms with van der Waals surface area (Å²) in [7, 11) is 0. The van der Waals surface area contributed by atoms with Crippen molar-refractivity contribution in [2.24, 2.45) is 0 Å². The van der Waals surface area contributed by atoms with E-state index in [0.717, 1.165) is 6.92 Å². The van der Waals surface area contributed by atoms with Crippen molar-refractivity contribution >= 4 is 17.9 Å². The Bertz CT molecular complexity index is 2330. The summed E-state index contributed by atoms with van der Waals surface area (Å²) in [5, 5.41) is 247. The summed E-state index contributed by atoms with van der Waals surface area (Å²) in [5.41, 5.74) is 0. The Morgan fingerprint density at radius 1 is 0.270 bits per heavy atom. The smallest absolute Gasteiger partial charge is 0.335 e. The molecule has 41 nitrogen and oxygen atoms in total. The van der Waals surface area contributed by atoms with Crippen LogP contribution in [-0.4, -0.2) is 394 Å². The van der Waals surface area contributed by atoms with Gasteiger partial charge in [0.1, 0.15) is 159 Å². The topological polar surface area (TPSA) is 655 Å². The molecule has 8 heterocycles. The standard InChI is InChI=1S/C48H76O41/c1-6-11(51)16(56)33(47(75-6)84-30-17(57)21(61)41(74)80-35(30)38(68)69)86-45-26(66)20(60)32(37(89-45)40(72)73)85-48-34(27(67)29(8(3)77-48)82-44-23(63)15(55)13(53)10(5-50)79-44)87-46-25(65)19(59)31(36(88-46)39(70)71)83-42-24(64)18(58)28(7(2)76-42)81-43-22(62)14(54)12(52)9(4-49)78-43/h6-37,41-67,74H,4-5H2,1-3H3,(H,68,69)(H,70,71)(H,72,73)/t6-,7-,8-,9+,10+,11-,12-,13-,14-,15-,16+,17+,18-,19+,20+,21+,22+,23+,24+,25+,26+,27+,28-,29-,30+,31+,32+,33+,34+,35-,36-,37-,41-,42-,43-,44-,45-,46-,47-,48-/m0/s1. The van der Waals surface area contributed by atoms with Gasteiger partial charge in [-0.05, 0) is 20.8 Å². The summed E-state index contributed by atoms with van der Waals surface area (Å²) in [6, 6.07) is 0. The van der Waals surface area contributed by atoms with Gasteiger partial charge in [-0.2, -0.15) is 0 Å². The van der Waals surface area contributed by atoms with Gasteiger partial charge < -0.3 is 189 Å². The van der Waals surface area contributed by atoms with Crippen LogP contribution in [0, 0.1) is 0 Å². The highest BCUT2D eigenvalue weighted by molar-refractivity contribution is 5.74. The first kappa shape index (κ1) is 71.9. The number of carboxylic acids is 3. The number of aliphatic carboxylic acids is 3. The average molecular weight is 1310 g/mol. The summed E-state index contributed by atoms with van der Waals surface area (Å²) in [5.74, 6) is -5.94. The van der Waals surface area contributed by atoms with Gasteiger partial charge >= 0.3 is 17.9 Å². The lowest BCUT2D eigenvalue weighted by Crippen LogP contribution is -2.69. The third-order valence-corrected chi connectivity index (χ3v) is 16.4. The fourth-order valence-electron chi connectivity index (χ4n) is 11.2. The van der Waals surface area contributed by atoms with Crippen LogP contribution in [-0.2, 0) is 85.4 Å². The minimum atomic E-state index is -2.60. The lowest BCUT2D eigenvalue weighted by molar-refractivity contribution is -0.407. The number of carboxylic acid groups (broad SMARTS) is 3. The molecule has 40 atom stereocenters. The second kappa shape index (κ2) is 29.3. The summed E-state index contributed by atoms with van der Waals surface area (Å²) < 4.78 is 83.8. The molecular formula is C48H76O41. The number of rotatable bonds is 19. The first-order chi connectivity index (χ1) is 41.7. The van der Waals surface area contributed by atoms with Crippen molar-refractivity contribution in [2.75, 3.05) is 13.2 Å². The molecule has 8 aliphatic heterocycles. The van der Waals surface area contributed by atoms with E-state index in [2.05, 4.69) is 0 Å². The molecule has 89 heavy (non-hydrogen) atoms. The van der Waals surface area contributed by atoms with E-state index >= 15 is 0 Å². The molecule has 0 bridgehead atoms. The molecule has 514 valence electrons. The van der Waals surface area contributed by atoms with E-state index in [1.54, 1.807) is 0 Å². The fraction of sp³-hybridized carbons (Fsp3) is 0.938. The van der Waals surface area contributed by atoms with Gasteiger partial charge in [0.25, 0.3) is 0 Å². The highest BCUT2D eigenvalue weighted by Gasteiger charge is 2.61. The fourth-order valence-corrected chi connectivity index (χ4v) is 11.2. The summed E-state index contributed by atoms with van der Waals surface area (Å²) in [6.45, 7) is 1.65. The molecule has 0 aromatic rings. The van der Waals surface area contributed by atoms with Gasteiger partial charge in [-0.15, -0.1) is 0 Å². The summed E-state index contributed by atoms with van der Waals surface area (Å²) >= 11 is 0. The van der Waals surface area contributed by atoms with Gasteiger partial charge in [0, 0.05) is 0 Å². The Morgan fingerprint density at radius 3 is 0.944 bits per heavy atom. The molecule has 8 fully saturated rings. The van der Waals surface area contributed by atoms with Crippen molar-refractivity contribution in [3.8, 4) is 0 Å². The Hall–Kier alpha value is -2.99. The largest absolute Gasteiger partial charge is 0.479 e. The van der Waals surface area contributed by atoms with Crippen LogP contribution in [0.1, 0.15) is 20.8 Å². The van der Waals surface area contributed by atoms with E-state index in [-0.39, 0.29) is 0 Å². The first-order valence-electron chi connectivity index (χ1n) is 27.7.